The molecule has 4 heteroatoms. The Balaban J connectivity index is 2.68. The standard InChI is InChI=1S/C14H19FO3/c1-14(2,3)12(13(16)17-4)9-18-11-7-5-10(15)6-8-11/h5-8,12H,9H2,1-4H3. The molecule has 18 heavy (non-hydrogen) atoms. The van der Waals surface area contributed by atoms with Crippen LogP contribution in [0.4, 0.5) is 4.39 Å². The van der Waals surface area contributed by atoms with Crippen molar-refractivity contribution in [3.8, 4) is 5.75 Å². The Morgan fingerprint density at radius 1 is 1.28 bits per heavy atom. The van der Waals surface area contributed by atoms with Gasteiger partial charge in [-0.2, -0.15) is 0 Å². The van der Waals surface area contributed by atoms with Crippen molar-refractivity contribution >= 4 is 5.97 Å². The third-order valence-electron chi connectivity index (χ3n) is 2.76. The Labute approximate surface area is 107 Å². The van der Waals surface area contributed by atoms with Crippen LogP contribution in [0.3, 0.4) is 0 Å². The lowest BCUT2D eigenvalue weighted by atomic mass is 9.81. The van der Waals surface area contributed by atoms with Crippen LogP contribution in [0.2, 0.25) is 0 Å². The van der Waals surface area contributed by atoms with E-state index in [2.05, 4.69) is 0 Å². The molecule has 0 fully saturated rings. The minimum atomic E-state index is -0.368. The summed E-state index contributed by atoms with van der Waals surface area (Å²) in [7, 11) is 1.36. The molecule has 0 radical (unpaired) electrons. The fourth-order valence-electron chi connectivity index (χ4n) is 1.52. The number of esters is 1. The molecule has 0 heterocycles. The Bertz CT molecular complexity index is 392. The summed E-state index contributed by atoms with van der Waals surface area (Å²) in [5, 5.41) is 0. The van der Waals surface area contributed by atoms with Crippen LogP contribution in [0.25, 0.3) is 0 Å². The van der Waals surface area contributed by atoms with E-state index in [9.17, 15) is 9.18 Å². The van der Waals surface area contributed by atoms with Crippen molar-refractivity contribution < 1.29 is 18.7 Å². The maximum absolute atomic E-state index is 12.7. The Morgan fingerprint density at radius 3 is 2.28 bits per heavy atom. The number of carbonyl (C=O) groups is 1. The summed E-state index contributed by atoms with van der Waals surface area (Å²) in [4.78, 5) is 11.7. The van der Waals surface area contributed by atoms with Crippen LogP contribution in [0.15, 0.2) is 24.3 Å². The zero-order valence-corrected chi connectivity index (χ0v) is 11.2. The van der Waals surface area contributed by atoms with E-state index >= 15 is 0 Å². The second-order valence-corrected chi connectivity index (χ2v) is 5.21. The number of hydrogen-bond acceptors (Lipinski definition) is 3. The molecular weight excluding hydrogens is 235 g/mol. The van der Waals surface area contributed by atoms with Crippen molar-refractivity contribution in [3.63, 3.8) is 0 Å². The number of halogens is 1. The fourth-order valence-corrected chi connectivity index (χ4v) is 1.52. The highest BCUT2D eigenvalue weighted by Gasteiger charge is 2.32. The summed E-state index contributed by atoms with van der Waals surface area (Å²) < 4.78 is 23.0. The van der Waals surface area contributed by atoms with Crippen LogP contribution in [0, 0.1) is 17.2 Å². The minimum absolute atomic E-state index is 0.210. The van der Waals surface area contributed by atoms with Gasteiger partial charge in [0.2, 0.25) is 0 Å². The van der Waals surface area contributed by atoms with Gasteiger partial charge in [-0.15, -0.1) is 0 Å². The first kappa shape index (κ1) is 14.5. The summed E-state index contributed by atoms with van der Waals surface area (Å²) in [5.74, 6) is -0.450. The van der Waals surface area contributed by atoms with E-state index in [1.165, 1.54) is 31.4 Å². The summed E-state index contributed by atoms with van der Waals surface area (Å²) in [6.07, 6.45) is 0. The summed E-state index contributed by atoms with van der Waals surface area (Å²) in [5.41, 5.74) is -0.257. The highest BCUT2D eigenvalue weighted by molar-refractivity contribution is 5.73. The monoisotopic (exact) mass is 254 g/mol. The lowest BCUT2D eigenvalue weighted by Crippen LogP contribution is -2.34. The van der Waals surface area contributed by atoms with Crippen molar-refractivity contribution in [2.75, 3.05) is 13.7 Å². The highest BCUT2D eigenvalue weighted by atomic mass is 19.1. The second kappa shape index (κ2) is 5.85. The van der Waals surface area contributed by atoms with Crippen LogP contribution in [0.1, 0.15) is 20.8 Å². The van der Waals surface area contributed by atoms with Crippen LogP contribution < -0.4 is 4.74 Å². The predicted molar refractivity (Wildman–Crippen MR) is 66.9 cm³/mol. The SMILES string of the molecule is COC(=O)C(COc1ccc(F)cc1)C(C)(C)C. The lowest BCUT2D eigenvalue weighted by molar-refractivity contribution is -0.150. The molecule has 0 saturated carbocycles. The molecule has 1 rings (SSSR count). The molecule has 100 valence electrons. The van der Waals surface area contributed by atoms with Crippen molar-refractivity contribution in [2.24, 2.45) is 11.3 Å². The first-order chi connectivity index (χ1) is 8.34. The number of ether oxygens (including phenoxy) is 2. The topological polar surface area (TPSA) is 35.5 Å². The Kier molecular flexibility index (Phi) is 4.70. The Hall–Kier alpha value is -1.58. The maximum Gasteiger partial charge on any atom is 0.312 e. The first-order valence-corrected chi connectivity index (χ1v) is 5.81. The number of benzene rings is 1. The van der Waals surface area contributed by atoms with Crippen molar-refractivity contribution in [1.82, 2.24) is 0 Å². The molecule has 1 aromatic carbocycles. The van der Waals surface area contributed by atoms with Crippen LogP contribution in [0.5, 0.6) is 5.75 Å². The molecule has 1 aromatic rings. The normalized spacial score (nSPS) is 12.9. The summed E-state index contributed by atoms with van der Waals surface area (Å²) in [6, 6.07) is 5.71. The number of carbonyl (C=O) groups excluding carboxylic acids is 1. The molecular formula is C14H19FO3. The van der Waals surface area contributed by atoms with Gasteiger partial charge in [0.25, 0.3) is 0 Å². The van der Waals surface area contributed by atoms with Crippen LogP contribution >= 0.6 is 0 Å². The van der Waals surface area contributed by atoms with Gasteiger partial charge in [-0.25, -0.2) is 4.39 Å². The van der Waals surface area contributed by atoms with E-state index < -0.39 is 0 Å². The van der Waals surface area contributed by atoms with Gasteiger partial charge in [0, 0.05) is 0 Å². The van der Waals surface area contributed by atoms with Gasteiger partial charge in [0.1, 0.15) is 18.2 Å². The van der Waals surface area contributed by atoms with E-state index in [-0.39, 0.29) is 29.7 Å². The largest absolute Gasteiger partial charge is 0.493 e. The minimum Gasteiger partial charge on any atom is -0.493 e. The molecule has 0 aliphatic heterocycles. The average molecular weight is 254 g/mol. The van der Waals surface area contributed by atoms with E-state index in [0.717, 1.165) is 0 Å². The summed E-state index contributed by atoms with van der Waals surface area (Å²) >= 11 is 0. The predicted octanol–water partition coefficient (Wildman–Crippen LogP) is 3.04. The van der Waals surface area contributed by atoms with Gasteiger partial charge in [0.05, 0.1) is 13.0 Å². The number of rotatable bonds is 4. The molecule has 1 atom stereocenters. The molecule has 0 saturated heterocycles. The van der Waals surface area contributed by atoms with E-state index in [0.29, 0.717) is 5.75 Å². The summed E-state index contributed by atoms with van der Waals surface area (Å²) in [6.45, 7) is 6.05. The fraction of sp³-hybridized carbons (Fsp3) is 0.500. The van der Waals surface area contributed by atoms with Gasteiger partial charge in [0.15, 0.2) is 0 Å². The van der Waals surface area contributed by atoms with Gasteiger partial charge >= 0.3 is 5.97 Å². The maximum atomic E-state index is 12.7. The lowest BCUT2D eigenvalue weighted by Gasteiger charge is -2.28. The third kappa shape index (κ3) is 4.02. The smallest absolute Gasteiger partial charge is 0.312 e. The number of hydrogen-bond donors (Lipinski definition) is 0. The zero-order valence-electron chi connectivity index (χ0n) is 11.2. The third-order valence-corrected chi connectivity index (χ3v) is 2.76. The molecule has 0 aromatic heterocycles. The van der Waals surface area contributed by atoms with Crippen LogP contribution in [-0.2, 0) is 9.53 Å². The van der Waals surface area contributed by atoms with E-state index in [4.69, 9.17) is 9.47 Å². The Morgan fingerprint density at radius 2 is 1.83 bits per heavy atom. The number of methoxy groups -OCH3 is 1. The highest BCUT2D eigenvalue weighted by Crippen LogP contribution is 2.27. The average Bonchev–Trinajstić information content (AvgIpc) is 2.29. The molecule has 0 bridgehead atoms. The molecule has 0 amide bonds. The molecule has 0 spiro atoms. The van der Waals surface area contributed by atoms with Crippen molar-refractivity contribution in [2.45, 2.75) is 20.8 Å². The first-order valence-electron chi connectivity index (χ1n) is 5.81. The van der Waals surface area contributed by atoms with Crippen molar-refractivity contribution in [1.29, 1.82) is 0 Å². The van der Waals surface area contributed by atoms with Gasteiger partial charge in [-0.1, -0.05) is 20.8 Å². The quantitative estimate of drug-likeness (QED) is 0.775. The molecule has 0 N–H and O–H groups in total. The molecule has 0 aliphatic rings. The molecule has 1 unspecified atom stereocenters. The second-order valence-electron chi connectivity index (χ2n) is 5.21. The zero-order chi connectivity index (χ0) is 13.8. The van der Waals surface area contributed by atoms with E-state index in [1.807, 2.05) is 20.8 Å². The van der Waals surface area contributed by atoms with Gasteiger partial charge in [-0.05, 0) is 29.7 Å². The van der Waals surface area contributed by atoms with E-state index in [1.54, 1.807) is 0 Å². The van der Waals surface area contributed by atoms with Gasteiger partial charge < -0.3 is 9.47 Å². The van der Waals surface area contributed by atoms with Gasteiger partial charge in [-0.3, -0.25) is 4.79 Å². The van der Waals surface area contributed by atoms with Crippen molar-refractivity contribution in [3.05, 3.63) is 30.1 Å². The van der Waals surface area contributed by atoms with Crippen LogP contribution in [-0.4, -0.2) is 19.7 Å². The molecule has 3 nitrogen and oxygen atoms in total. The molecule has 0 aliphatic carbocycles.